The predicted molar refractivity (Wildman–Crippen MR) is 76.7 cm³/mol. The van der Waals surface area contributed by atoms with Gasteiger partial charge in [-0.25, -0.2) is 0 Å². The van der Waals surface area contributed by atoms with E-state index in [1.807, 2.05) is 0 Å². The minimum absolute atomic E-state index is 0.398. The van der Waals surface area contributed by atoms with Crippen LogP contribution in [-0.2, 0) is 10.8 Å². The Labute approximate surface area is 117 Å². The van der Waals surface area contributed by atoms with E-state index in [4.69, 9.17) is 5.73 Å². The molecule has 114 valence electrons. The molecule has 0 radical (unpaired) electrons. The van der Waals surface area contributed by atoms with Gasteiger partial charge in [-0.05, 0) is 0 Å². The molecular formula is C17H17FeN3O. The van der Waals surface area contributed by atoms with Crippen molar-refractivity contribution in [2.75, 3.05) is 0 Å². The molecule has 5 atom stereocenters. The second-order valence-electron chi connectivity index (χ2n) is 11.8. The summed E-state index contributed by atoms with van der Waals surface area (Å²) in [5.74, 6) is 0. The summed E-state index contributed by atoms with van der Waals surface area (Å²) >= 11 is 0. The maximum absolute atomic E-state index is 11.3. The van der Waals surface area contributed by atoms with Gasteiger partial charge < -0.3 is 0 Å². The Balaban J connectivity index is 1.37. The third-order valence-corrected chi connectivity index (χ3v) is 59.0. The van der Waals surface area contributed by atoms with Crippen LogP contribution in [0.4, 0.5) is 4.79 Å². The van der Waals surface area contributed by atoms with Gasteiger partial charge in [0.15, 0.2) is 0 Å². The molecule has 2 amide bonds. The third kappa shape index (κ3) is 0.102. The van der Waals surface area contributed by atoms with Crippen molar-refractivity contribution in [2.45, 2.75) is 47.3 Å². The fourth-order valence-corrected chi connectivity index (χ4v) is 93.6. The second kappa shape index (κ2) is 0.831. The molecule has 1 aromatic carbocycles. The summed E-state index contributed by atoms with van der Waals surface area (Å²) in [6, 6.07) is 11.2. The number of primary amides is 1. The van der Waals surface area contributed by atoms with Crippen LogP contribution in [-0.4, -0.2) is 10.5 Å². The van der Waals surface area contributed by atoms with E-state index in [-0.39, 0.29) is 0 Å². The van der Waals surface area contributed by atoms with Gasteiger partial charge >= 0.3 is 117 Å². The summed E-state index contributed by atoms with van der Waals surface area (Å²) in [6.45, 7) is -3.51. The van der Waals surface area contributed by atoms with Crippen molar-refractivity contribution in [2.24, 2.45) is 5.73 Å². The number of rotatable bonds is 3. The molecule has 0 saturated carbocycles. The van der Waals surface area contributed by atoms with E-state index >= 15 is 0 Å². The van der Waals surface area contributed by atoms with Gasteiger partial charge in [-0.3, -0.25) is 0 Å². The van der Waals surface area contributed by atoms with Crippen LogP contribution in [0, 0.1) is 0 Å². The Morgan fingerprint density at radius 3 is 2.18 bits per heavy atom. The number of hydrogen-bond acceptors (Lipinski definition) is 2. The van der Waals surface area contributed by atoms with Crippen molar-refractivity contribution in [3.63, 3.8) is 0 Å². The average molecular weight is 335 g/mol. The van der Waals surface area contributed by atoms with Gasteiger partial charge in [0.25, 0.3) is 0 Å². The van der Waals surface area contributed by atoms with Crippen LogP contribution in [0.5, 0.6) is 0 Å². The van der Waals surface area contributed by atoms with Crippen LogP contribution >= 0.6 is 0 Å². The molecular weight excluding hydrogens is 318 g/mol. The predicted octanol–water partition coefficient (Wildman–Crippen LogP) is 2.56. The molecule has 5 heteroatoms. The van der Waals surface area contributed by atoms with E-state index in [9.17, 15) is 4.79 Å². The number of urea groups is 1. The fraction of sp³-hybridized carbons (Fsp3) is 0.588. The summed E-state index contributed by atoms with van der Waals surface area (Å²) in [7, 11) is 0. The Kier molecular flexibility index (Phi) is 0.329. The third-order valence-electron chi connectivity index (χ3n) is 16.4. The van der Waals surface area contributed by atoms with Crippen molar-refractivity contribution in [1.29, 1.82) is 0 Å². The topological polar surface area (TPSA) is 67.2 Å². The zero-order valence-corrected chi connectivity index (χ0v) is 12.9. The van der Waals surface area contributed by atoms with Crippen molar-refractivity contribution in [3.8, 4) is 0 Å². The Morgan fingerprint density at radius 2 is 1.68 bits per heavy atom. The van der Waals surface area contributed by atoms with E-state index in [2.05, 4.69) is 41.2 Å². The number of hydrogen-bond donors (Lipinski definition) is 3. The van der Waals surface area contributed by atoms with E-state index < -0.39 is 12.5 Å². The molecule has 0 bridgehead atoms. The van der Waals surface area contributed by atoms with Gasteiger partial charge in [-0.2, -0.15) is 0 Å². The molecule has 5 unspecified atom stereocenters. The molecule has 10 heterocycles. The number of fused-ring (bicyclic) bond motifs is 10. The Bertz CT molecular complexity index is 1310. The van der Waals surface area contributed by atoms with E-state index in [1.54, 1.807) is 5.56 Å². The van der Waals surface area contributed by atoms with Crippen LogP contribution in [0.3, 0.4) is 0 Å². The van der Waals surface area contributed by atoms with Crippen LogP contribution in [0.15, 0.2) is 30.3 Å². The fourth-order valence-electron chi connectivity index (χ4n) is 18.5. The summed E-state index contributed by atoms with van der Waals surface area (Å²) in [6.07, 6.45) is 0. The molecule has 10 fully saturated rings. The zero-order chi connectivity index (χ0) is 14.0. The molecule has 22 heavy (non-hydrogen) atoms. The summed E-state index contributed by atoms with van der Waals surface area (Å²) < 4.78 is 1.11. The van der Waals surface area contributed by atoms with Crippen LogP contribution in [0.1, 0.15) is 5.56 Å². The normalized spacial score (nSPS) is 97.6. The number of nitrogens with two attached hydrogens (primary N) is 1. The molecule has 1 aromatic rings. The Morgan fingerprint density at radius 1 is 1.05 bits per heavy atom. The summed E-state index contributed by atoms with van der Waals surface area (Å²) in [4.78, 5) is 20.4. The number of nitrogens with one attached hydrogen (secondary N) is 2. The van der Waals surface area contributed by atoms with Gasteiger partial charge in [0, 0.05) is 0 Å². The molecule has 4 nitrogen and oxygen atoms in total. The van der Waals surface area contributed by atoms with Crippen molar-refractivity contribution in [1.82, 2.24) is 10.9 Å². The molecule has 10 saturated heterocycles. The standard InChI is InChI=1S/C12H12N3O.C5H5.Fe/c13-12(16)15-14-11-7-6-10(8-11)9-4-2-1-3-5-9;1-2-4-5-3-1;/h1-8,14H,(H3,13,15,16);1-5H;. The Hall–Kier alpha value is -1.03. The first-order valence-electron chi connectivity index (χ1n) is 8.54. The first-order chi connectivity index (χ1) is 10.5. The SMILES string of the molecule is NC(=O)NN[C]12[CH]3[CH]4[C]5(c6ccccc6)[CH]1[Fe]34251678[CH]2[CH]1[CH]6[CH]7[CH]28. The number of hydrazine groups is 1. The van der Waals surface area contributed by atoms with E-state index in [1.165, 1.54) is 24.1 Å². The molecule has 10 aliphatic heterocycles. The number of amides is 2. The number of benzene rings is 1. The van der Waals surface area contributed by atoms with Crippen molar-refractivity contribution >= 4 is 6.03 Å². The average Bonchev–Trinajstić information content (AvgIpc) is 3.46. The van der Waals surface area contributed by atoms with Crippen LogP contribution in [0.2, 0.25) is 38.5 Å². The van der Waals surface area contributed by atoms with E-state index in [0.29, 0.717) is 8.75 Å². The van der Waals surface area contributed by atoms with Gasteiger partial charge in [0.2, 0.25) is 0 Å². The monoisotopic (exact) mass is 335 g/mol. The molecule has 0 aliphatic carbocycles. The first-order valence-corrected chi connectivity index (χ1v) is 14.7. The number of carbonyl (C=O) groups is 1. The molecule has 10 aliphatic rings. The van der Waals surface area contributed by atoms with Crippen molar-refractivity contribution < 1.29 is 11.3 Å². The summed E-state index contributed by atoms with van der Waals surface area (Å²) in [5.41, 5.74) is 13.6. The number of carbonyl (C=O) groups excluding carboxylic acids is 1. The van der Waals surface area contributed by atoms with E-state index in [0.717, 1.165) is 14.4 Å². The van der Waals surface area contributed by atoms with Gasteiger partial charge in [-0.15, -0.1) is 0 Å². The van der Waals surface area contributed by atoms with Crippen molar-refractivity contribution in [3.05, 3.63) is 35.9 Å². The second-order valence-corrected chi connectivity index (χ2v) is 35.0. The van der Waals surface area contributed by atoms with Crippen LogP contribution in [0.25, 0.3) is 0 Å². The molecule has 4 N–H and O–H groups in total. The van der Waals surface area contributed by atoms with Gasteiger partial charge in [0.1, 0.15) is 0 Å². The molecule has 0 aromatic heterocycles. The molecule has 11 rings (SSSR count). The van der Waals surface area contributed by atoms with Gasteiger partial charge in [-0.1, -0.05) is 0 Å². The minimum atomic E-state index is -3.51. The summed E-state index contributed by atoms with van der Waals surface area (Å²) in [5, 5.41) is 0. The molecule has 1 spiro atoms. The first kappa shape index (κ1) is 8.72. The zero-order valence-electron chi connectivity index (χ0n) is 11.8. The quantitative estimate of drug-likeness (QED) is 0.587. The maximum atomic E-state index is 11.3. The van der Waals surface area contributed by atoms with Gasteiger partial charge in [0.05, 0.1) is 0 Å². The van der Waals surface area contributed by atoms with Crippen LogP contribution < -0.4 is 16.6 Å².